The van der Waals surface area contributed by atoms with E-state index in [1.807, 2.05) is 0 Å². The molecule has 0 aromatic carbocycles. The zero-order chi connectivity index (χ0) is 10.1. The van der Waals surface area contributed by atoms with Crippen LogP contribution in [-0.4, -0.2) is 24.8 Å². The number of carbonyl (C=O) groups excluding carboxylic acids is 1. The third kappa shape index (κ3) is 5.71. The SMILES string of the molecule is C#C[C@H](C=CC=CC(=O)OC)CO. The Morgan fingerprint density at radius 1 is 1.69 bits per heavy atom. The van der Waals surface area contributed by atoms with Crippen molar-refractivity contribution in [1.82, 2.24) is 0 Å². The number of carbonyl (C=O) groups is 1. The summed E-state index contributed by atoms with van der Waals surface area (Å²) in [5.41, 5.74) is 0. The highest BCUT2D eigenvalue weighted by Crippen LogP contribution is 1.94. The quantitative estimate of drug-likeness (QED) is 0.297. The first kappa shape index (κ1) is 11.5. The molecule has 0 amide bonds. The zero-order valence-electron chi connectivity index (χ0n) is 7.43. The monoisotopic (exact) mass is 180 g/mol. The van der Waals surface area contributed by atoms with Crippen molar-refractivity contribution in [1.29, 1.82) is 0 Å². The van der Waals surface area contributed by atoms with E-state index >= 15 is 0 Å². The van der Waals surface area contributed by atoms with Crippen LogP contribution in [0, 0.1) is 18.3 Å². The maximum absolute atomic E-state index is 10.6. The molecule has 0 saturated heterocycles. The van der Waals surface area contributed by atoms with Crippen LogP contribution in [0.2, 0.25) is 0 Å². The molecule has 0 bridgehead atoms. The minimum absolute atomic E-state index is 0.0982. The summed E-state index contributed by atoms with van der Waals surface area (Å²) in [6.45, 7) is -0.0982. The Morgan fingerprint density at radius 2 is 2.38 bits per heavy atom. The van der Waals surface area contributed by atoms with E-state index < -0.39 is 5.97 Å². The summed E-state index contributed by atoms with van der Waals surface area (Å²) in [6, 6.07) is 0. The van der Waals surface area contributed by atoms with Gasteiger partial charge in [0.25, 0.3) is 0 Å². The first-order valence-corrected chi connectivity index (χ1v) is 3.74. The highest BCUT2D eigenvalue weighted by molar-refractivity contribution is 5.82. The molecular weight excluding hydrogens is 168 g/mol. The molecule has 13 heavy (non-hydrogen) atoms. The third-order valence-corrected chi connectivity index (χ3v) is 1.30. The summed E-state index contributed by atoms with van der Waals surface area (Å²) >= 11 is 0. The fourth-order valence-corrected chi connectivity index (χ4v) is 0.570. The summed E-state index contributed by atoms with van der Waals surface area (Å²) in [5, 5.41) is 8.67. The van der Waals surface area contributed by atoms with Gasteiger partial charge < -0.3 is 9.84 Å². The van der Waals surface area contributed by atoms with Crippen LogP contribution in [0.5, 0.6) is 0 Å². The number of rotatable bonds is 4. The number of methoxy groups -OCH3 is 1. The van der Waals surface area contributed by atoms with E-state index in [1.54, 1.807) is 12.2 Å². The van der Waals surface area contributed by atoms with Crippen molar-refractivity contribution in [3.8, 4) is 12.3 Å². The van der Waals surface area contributed by atoms with Gasteiger partial charge in [-0.15, -0.1) is 6.42 Å². The second-order valence-electron chi connectivity index (χ2n) is 2.22. The third-order valence-electron chi connectivity index (χ3n) is 1.30. The van der Waals surface area contributed by atoms with Gasteiger partial charge in [-0.25, -0.2) is 4.79 Å². The van der Waals surface area contributed by atoms with Crippen molar-refractivity contribution in [2.45, 2.75) is 0 Å². The first-order valence-electron chi connectivity index (χ1n) is 3.74. The van der Waals surface area contributed by atoms with Gasteiger partial charge in [0.05, 0.1) is 19.6 Å². The molecule has 0 radical (unpaired) electrons. The van der Waals surface area contributed by atoms with E-state index in [-0.39, 0.29) is 12.5 Å². The van der Waals surface area contributed by atoms with Gasteiger partial charge in [0.1, 0.15) is 0 Å². The molecule has 1 atom stereocenters. The van der Waals surface area contributed by atoms with Crippen LogP contribution in [0.3, 0.4) is 0 Å². The number of allylic oxidation sites excluding steroid dienone is 2. The Labute approximate surface area is 77.7 Å². The van der Waals surface area contributed by atoms with E-state index in [4.69, 9.17) is 11.5 Å². The highest BCUT2D eigenvalue weighted by Gasteiger charge is 1.93. The van der Waals surface area contributed by atoms with Gasteiger partial charge in [-0.05, 0) is 0 Å². The maximum Gasteiger partial charge on any atom is 0.330 e. The largest absolute Gasteiger partial charge is 0.466 e. The van der Waals surface area contributed by atoms with Crippen LogP contribution in [-0.2, 0) is 9.53 Å². The molecule has 0 aliphatic rings. The Hall–Kier alpha value is -1.53. The second kappa shape index (κ2) is 7.14. The minimum atomic E-state index is -0.425. The number of aliphatic hydroxyl groups is 1. The Balaban J connectivity index is 3.94. The van der Waals surface area contributed by atoms with Gasteiger partial charge in [0.2, 0.25) is 0 Å². The number of aliphatic hydroxyl groups excluding tert-OH is 1. The normalized spacial score (nSPS) is 13.0. The number of terminal acetylenes is 1. The lowest BCUT2D eigenvalue weighted by Gasteiger charge is -1.95. The van der Waals surface area contributed by atoms with Gasteiger partial charge >= 0.3 is 5.97 Å². The van der Waals surface area contributed by atoms with Gasteiger partial charge in [0.15, 0.2) is 0 Å². The highest BCUT2D eigenvalue weighted by atomic mass is 16.5. The lowest BCUT2D eigenvalue weighted by Crippen LogP contribution is -1.97. The van der Waals surface area contributed by atoms with Gasteiger partial charge in [-0.1, -0.05) is 24.1 Å². The van der Waals surface area contributed by atoms with Crippen LogP contribution >= 0.6 is 0 Å². The number of ether oxygens (including phenoxy) is 1. The molecule has 0 aromatic rings. The first-order chi connectivity index (χ1) is 6.24. The van der Waals surface area contributed by atoms with Crippen LogP contribution in [0.25, 0.3) is 0 Å². The molecular formula is C10H12O3. The van der Waals surface area contributed by atoms with Crippen LogP contribution < -0.4 is 0 Å². The van der Waals surface area contributed by atoms with Crippen molar-refractivity contribution in [2.75, 3.05) is 13.7 Å². The smallest absolute Gasteiger partial charge is 0.330 e. The molecule has 0 unspecified atom stereocenters. The van der Waals surface area contributed by atoms with Crippen molar-refractivity contribution >= 4 is 5.97 Å². The maximum atomic E-state index is 10.6. The second-order valence-corrected chi connectivity index (χ2v) is 2.22. The molecule has 0 aliphatic heterocycles. The van der Waals surface area contributed by atoms with Crippen LogP contribution in [0.4, 0.5) is 0 Å². The molecule has 70 valence electrons. The van der Waals surface area contributed by atoms with E-state index in [9.17, 15) is 4.79 Å². The Kier molecular flexibility index (Phi) is 6.30. The van der Waals surface area contributed by atoms with Crippen molar-refractivity contribution < 1.29 is 14.6 Å². The summed E-state index contributed by atoms with van der Waals surface area (Å²) < 4.78 is 4.36. The number of hydrogen-bond acceptors (Lipinski definition) is 3. The topological polar surface area (TPSA) is 46.5 Å². The van der Waals surface area contributed by atoms with E-state index in [2.05, 4.69) is 10.7 Å². The van der Waals surface area contributed by atoms with Crippen LogP contribution in [0.15, 0.2) is 24.3 Å². The molecule has 0 spiro atoms. The molecule has 0 aromatic heterocycles. The zero-order valence-corrected chi connectivity index (χ0v) is 7.43. The molecule has 1 N–H and O–H groups in total. The van der Waals surface area contributed by atoms with Gasteiger partial charge in [0, 0.05) is 6.08 Å². The predicted octanol–water partition coefficient (Wildman–Crippen LogP) is 0.514. The molecule has 3 nitrogen and oxygen atoms in total. The van der Waals surface area contributed by atoms with E-state index in [0.29, 0.717) is 0 Å². The number of esters is 1. The lowest BCUT2D eigenvalue weighted by molar-refractivity contribution is -0.134. The standard InChI is InChI=1S/C10H12O3/c1-3-9(8-11)6-4-5-7-10(12)13-2/h1,4-7,9,11H,8H2,2H3/t9-/m1/s1. The summed E-state index contributed by atoms with van der Waals surface area (Å²) in [4.78, 5) is 10.6. The summed E-state index contributed by atoms with van der Waals surface area (Å²) in [7, 11) is 1.30. The van der Waals surface area contributed by atoms with E-state index in [0.717, 1.165) is 0 Å². The van der Waals surface area contributed by atoms with Crippen molar-refractivity contribution in [3.05, 3.63) is 24.3 Å². The molecule has 3 heteroatoms. The van der Waals surface area contributed by atoms with Gasteiger partial charge in [-0.2, -0.15) is 0 Å². The number of hydrogen-bond donors (Lipinski definition) is 1. The average molecular weight is 180 g/mol. The Bertz CT molecular complexity index is 245. The molecule has 0 rings (SSSR count). The van der Waals surface area contributed by atoms with E-state index in [1.165, 1.54) is 19.3 Å². The average Bonchev–Trinajstić information content (AvgIpc) is 2.18. The van der Waals surface area contributed by atoms with Crippen molar-refractivity contribution in [3.63, 3.8) is 0 Å². The van der Waals surface area contributed by atoms with Gasteiger partial charge in [-0.3, -0.25) is 0 Å². The summed E-state index contributed by atoms with van der Waals surface area (Å²) in [5.74, 6) is 1.64. The molecule has 0 aliphatic carbocycles. The van der Waals surface area contributed by atoms with Crippen molar-refractivity contribution in [2.24, 2.45) is 5.92 Å². The summed E-state index contributed by atoms with van der Waals surface area (Å²) in [6.07, 6.45) is 11.1. The molecule has 0 heterocycles. The molecule has 0 fully saturated rings. The Morgan fingerprint density at radius 3 is 2.85 bits per heavy atom. The molecule has 0 saturated carbocycles. The fourth-order valence-electron chi connectivity index (χ4n) is 0.570. The lowest BCUT2D eigenvalue weighted by atomic mass is 10.1. The van der Waals surface area contributed by atoms with Crippen LogP contribution in [0.1, 0.15) is 0 Å². The minimum Gasteiger partial charge on any atom is -0.466 e. The predicted molar refractivity (Wildman–Crippen MR) is 49.7 cm³/mol. The fraction of sp³-hybridized carbons (Fsp3) is 0.300.